The van der Waals surface area contributed by atoms with Crippen LogP contribution in [0.4, 0.5) is 30.2 Å². The molecule has 0 radical (unpaired) electrons. The van der Waals surface area contributed by atoms with Crippen LogP contribution in [0.5, 0.6) is 5.88 Å². The number of anilines is 3. The lowest BCUT2D eigenvalue weighted by Gasteiger charge is -2.19. The van der Waals surface area contributed by atoms with Crippen molar-refractivity contribution in [1.29, 1.82) is 0 Å². The number of carbonyl (C=O) groups excluding carboxylic acids is 1. The molecule has 0 spiro atoms. The van der Waals surface area contributed by atoms with Crippen LogP contribution in [0.15, 0.2) is 60.3 Å². The summed E-state index contributed by atoms with van der Waals surface area (Å²) in [5, 5.41) is 5.42. The number of benzene rings is 1. The van der Waals surface area contributed by atoms with E-state index in [1.165, 1.54) is 38.6 Å². The summed E-state index contributed by atoms with van der Waals surface area (Å²) in [7, 11) is 2.90. The van der Waals surface area contributed by atoms with Gasteiger partial charge in [-0.2, -0.15) is 13.2 Å². The molecule has 1 aromatic heterocycles. The normalized spacial score (nSPS) is 13.2. The van der Waals surface area contributed by atoms with Gasteiger partial charge in [-0.3, -0.25) is 15.6 Å². The minimum atomic E-state index is -4.57. The van der Waals surface area contributed by atoms with Crippen LogP contribution < -0.4 is 26.2 Å². The number of alkyl halides is 3. The van der Waals surface area contributed by atoms with E-state index in [9.17, 15) is 18.0 Å². The molecule has 11 heteroatoms. The third-order valence-electron chi connectivity index (χ3n) is 4.01. The molecule has 30 heavy (non-hydrogen) atoms. The average Bonchev–Trinajstić information content (AvgIpc) is 2.74. The number of methoxy groups -OCH3 is 2. The number of pyridine rings is 1. The molecule has 0 fully saturated rings. The number of amides is 1. The molecule has 0 saturated carbocycles. The van der Waals surface area contributed by atoms with E-state index in [0.717, 1.165) is 12.1 Å². The van der Waals surface area contributed by atoms with Crippen molar-refractivity contribution in [3.05, 3.63) is 65.8 Å². The Kier molecular flexibility index (Phi) is 6.00. The Labute approximate surface area is 169 Å². The van der Waals surface area contributed by atoms with Crippen LogP contribution in [-0.4, -0.2) is 25.1 Å². The summed E-state index contributed by atoms with van der Waals surface area (Å²) in [5.74, 6) is 0.108. The van der Waals surface area contributed by atoms with Crippen molar-refractivity contribution < 1.29 is 27.4 Å². The molecule has 0 aliphatic carbocycles. The number of rotatable bonds is 6. The molecule has 1 amide bonds. The minimum absolute atomic E-state index is 0.0603. The lowest BCUT2D eigenvalue weighted by atomic mass is 10.1. The minimum Gasteiger partial charge on any atom is -0.481 e. The van der Waals surface area contributed by atoms with Crippen molar-refractivity contribution >= 4 is 23.0 Å². The van der Waals surface area contributed by atoms with Crippen molar-refractivity contribution in [1.82, 2.24) is 15.8 Å². The lowest BCUT2D eigenvalue weighted by molar-refractivity contribution is -0.137. The van der Waals surface area contributed by atoms with Crippen LogP contribution in [0, 0.1) is 0 Å². The molecular formula is C19H18F3N5O3. The molecule has 158 valence electrons. The molecular weight excluding hydrogens is 403 g/mol. The molecule has 0 atom stereocenters. The SMILES string of the molecule is COC1=CC=C(C(=O)Nc2cc(C(F)(F)F)ccc2Nc2ccc(OC)nc2)NN1. The summed E-state index contributed by atoms with van der Waals surface area (Å²) in [4.78, 5) is 16.6. The number of hydrazine groups is 1. The number of hydrogen-bond acceptors (Lipinski definition) is 7. The number of carbonyl (C=O) groups is 1. The molecule has 1 aromatic carbocycles. The smallest absolute Gasteiger partial charge is 0.416 e. The van der Waals surface area contributed by atoms with Gasteiger partial charge in [0.05, 0.1) is 43.0 Å². The predicted octanol–water partition coefficient (Wildman–Crippen LogP) is 3.27. The highest BCUT2D eigenvalue weighted by Gasteiger charge is 2.31. The monoisotopic (exact) mass is 421 g/mol. The van der Waals surface area contributed by atoms with Crippen LogP contribution in [-0.2, 0) is 15.7 Å². The second kappa shape index (κ2) is 8.64. The topological polar surface area (TPSA) is 96.5 Å². The van der Waals surface area contributed by atoms with Gasteiger partial charge in [0.1, 0.15) is 5.70 Å². The molecule has 1 aliphatic rings. The Bertz CT molecular complexity index is 988. The van der Waals surface area contributed by atoms with Crippen molar-refractivity contribution in [3.63, 3.8) is 0 Å². The zero-order valence-corrected chi connectivity index (χ0v) is 15.9. The van der Waals surface area contributed by atoms with Gasteiger partial charge in [-0.05, 0) is 30.3 Å². The molecule has 0 saturated heterocycles. The maximum Gasteiger partial charge on any atom is 0.416 e. The van der Waals surface area contributed by atoms with Crippen molar-refractivity contribution in [3.8, 4) is 5.88 Å². The van der Waals surface area contributed by atoms with Crippen molar-refractivity contribution in [2.45, 2.75) is 6.18 Å². The highest BCUT2D eigenvalue weighted by molar-refractivity contribution is 6.05. The maximum atomic E-state index is 13.2. The Morgan fingerprint density at radius 1 is 1.03 bits per heavy atom. The second-order valence-electron chi connectivity index (χ2n) is 5.99. The predicted molar refractivity (Wildman–Crippen MR) is 104 cm³/mol. The fourth-order valence-corrected chi connectivity index (χ4v) is 2.48. The fraction of sp³-hybridized carbons (Fsp3) is 0.158. The third-order valence-corrected chi connectivity index (χ3v) is 4.01. The van der Waals surface area contributed by atoms with Crippen LogP contribution >= 0.6 is 0 Å². The van der Waals surface area contributed by atoms with Gasteiger partial charge in [-0.25, -0.2) is 4.98 Å². The van der Waals surface area contributed by atoms with E-state index in [1.807, 2.05) is 0 Å². The lowest BCUT2D eigenvalue weighted by Crippen LogP contribution is -2.38. The standard InChI is InChI=1S/C19H18F3N5O3/c1-29-16-7-4-12(10-23-16)24-13-5-3-11(19(20,21)22)9-15(13)25-18(28)14-6-8-17(30-2)27-26-14/h3-10,24,26-27H,1-2H3,(H,25,28). The largest absolute Gasteiger partial charge is 0.481 e. The van der Waals surface area contributed by atoms with Crippen LogP contribution in [0.3, 0.4) is 0 Å². The number of halogens is 3. The van der Waals surface area contributed by atoms with Gasteiger partial charge in [0.2, 0.25) is 11.8 Å². The van der Waals surface area contributed by atoms with E-state index in [1.54, 1.807) is 12.1 Å². The van der Waals surface area contributed by atoms with Gasteiger partial charge in [-0.15, -0.1) is 0 Å². The summed E-state index contributed by atoms with van der Waals surface area (Å²) in [6.07, 6.45) is -0.188. The number of ether oxygens (including phenoxy) is 2. The first kappa shape index (κ1) is 20.8. The van der Waals surface area contributed by atoms with E-state index in [2.05, 4.69) is 26.5 Å². The molecule has 2 heterocycles. The van der Waals surface area contributed by atoms with Gasteiger partial charge in [0.15, 0.2) is 0 Å². The number of hydrogen-bond donors (Lipinski definition) is 4. The van der Waals surface area contributed by atoms with Crippen LogP contribution in [0.1, 0.15) is 5.56 Å². The molecule has 0 bridgehead atoms. The quantitative estimate of drug-likeness (QED) is 0.569. The van der Waals surface area contributed by atoms with E-state index in [4.69, 9.17) is 9.47 Å². The van der Waals surface area contributed by atoms with Crippen LogP contribution in [0.25, 0.3) is 0 Å². The molecule has 1 aliphatic heterocycles. The van der Waals surface area contributed by atoms with Gasteiger partial charge in [-0.1, -0.05) is 0 Å². The maximum absolute atomic E-state index is 13.2. The van der Waals surface area contributed by atoms with Gasteiger partial charge < -0.3 is 20.1 Å². The third kappa shape index (κ3) is 4.93. The molecule has 3 rings (SSSR count). The van der Waals surface area contributed by atoms with Gasteiger partial charge in [0, 0.05) is 12.1 Å². The Hall–Kier alpha value is -3.89. The van der Waals surface area contributed by atoms with Gasteiger partial charge >= 0.3 is 6.18 Å². The summed E-state index contributed by atoms with van der Waals surface area (Å²) in [5.41, 5.74) is 5.11. The highest BCUT2D eigenvalue weighted by atomic mass is 19.4. The highest BCUT2D eigenvalue weighted by Crippen LogP contribution is 2.35. The number of nitrogens with one attached hydrogen (secondary N) is 4. The fourth-order valence-electron chi connectivity index (χ4n) is 2.48. The molecule has 0 unspecified atom stereocenters. The van der Waals surface area contributed by atoms with E-state index in [0.29, 0.717) is 17.5 Å². The second-order valence-corrected chi connectivity index (χ2v) is 5.99. The molecule has 2 aromatic rings. The number of allylic oxidation sites excluding steroid dienone is 2. The van der Waals surface area contributed by atoms with Crippen LogP contribution in [0.2, 0.25) is 0 Å². The first-order chi connectivity index (χ1) is 14.3. The zero-order chi connectivity index (χ0) is 21.7. The Morgan fingerprint density at radius 3 is 2.40 bits per heavy atom. The number of nitrogens with zero attached hydrogens (tertiary/aromatic N) is 1. The van der Waals surface area contributed by atoms with Gasteiger partial charge in [0.25, 0.3) is 5.91 Å². The zero-order valence-electron chi connectivity index (χ0n) is 15.9. The molecule has 8 nitrogen and oxygen atoms in total. The first-order valence-electron chi connectivity index (χ1n) is 8.58. The molecule has 4 N–H and O–H groups in total. The summed E-state index contributed by atoms with van der Waals surface area (Å²) >= 11 is 0. The summed E-state index contributed by atoms with van der Waals surface area (Å²) in [6.45, 7) is 0. The van der Waals surface area contributed by atoms with E-state index < -0.39 is 17.6 Å². The Morgan fingerprint density at radius 2 is 1.83 bits per heavy atom. The van der Waals surface area contributed by atoms with Crippen molar-refractivity contribution in [2.75, 3.05) is 24.9 Å². The average molecular weight is 421 g/mol. The summed E-state index contributed by atoms with van der Waals surface area (Å²) in [6, 6.07) is 6.23. The van der Waals surface area contributed by atoms with E-state index >= 15 is 0 Å². The van der Waals surface area contributed by atoms with E-state index in [-0.39, 0.29) is 17.1 Å². The Balaban J connectivity index is 1.88. The number of aromatic nitrogens is 1. The van der Waals surface area contributed by atoms with Crippen molar-refractivity contribution in [2.24, 2.45) is 0 Å². The summed E-state index contributed by atoms with van der Waals surface area (Å²) < 4.78 is 49.4. The first-order valence-corrected chi connectivity index (χ1v) is 8.58.